The molecule has 1 fully saturated rings. The maximum Gasteiger partial charge on any atom is 0.180 e. The first-order valence-corrected chi connectivity index (χ1v) is 8.60. The number of nitrogen functional groups attached to an aromatic ring is 1. The van der Waals surface area contributed by atoms with Gasteiger partial charge in [0, 0.05) is 13.7 Å². The van der Waals surface area contributed by atoms with E-state index in [9.17, 15) is 0 Å². The summed E-state index contributed by atoms with van der Waals surface area (Å²) >= 11 is 3.51. The molecule has 8 nitrogen and oxygen atoms in total. The van der Waals surface area contributed by atoms with Crippen molar-refractivity contribution in [3.05, 3.63) is 12.7 Å². The smallest absolute Gasteiger partial charge is 0.180 e. The van der Waals surface area contributed by atoms with Crippen molar-refractivity contribution in [2.75, 3.05) is 31.4 Å². The highest BCUT2D eigenvalue weighted by molar-refractivity contribution is 9.09. The first-order chi connectivity index (χ1) is 11.2. The predicted octanol–water partition coefficient (Wildman–Crippen LogP) is 1.65. The Labute approximate surface area is 142 Å². The Morgan fingerprint density at radius 2 is 2.30 bits per heavy atom. The van der Waals surface area contributed by atoms with Gasteiger partial charge in [-0.3, -0.25) is 4.57 Å². The number of nitrogens with zero attached hydrogens (tertiary/aromatic N) is 4. The maximum absolute atomic E-state index is 5.93. The number of nitrogens with two attached hydrogens (primary N) is 1. The summed E-state index contributed by atoms with van der Waals surface area (Å²) in [6.45, 7) is 1.03. The lowest BCUT2D eigenvalue weighted by molar-refractivity contribution is -0.208. The molecule has 2 aromatic rings. The highest BCUT2D eigenvalue weighted by atomic mass is 79.9. The summed E-state index contributed by atoms with van der Waals surface area (Å²) < 4.78 is 19.1. The van der Waals surface area contributed by atoms with Gasteiger partial charge in [-0.05, 0) is 19.3 Å². The third kappa shape index (κ3) is 3.18. The van der Waals surface area contributed by atoms with Crippen LogP contribution in [0.1, 0.15) is 19.3 Å². The minimum Gasteiger partial charge on any atom is -0.382 e. The van der Waals surface area contributed by atoms with E-state index in [-0.39, 0.29) is 6.29 Å². The summed E-state index contributed by atoms with van der Waals surface area (Å²) in [5.41, 5.74) is 6.21. The fourth-order valence-corrected chi connectivity index (χ4v) is 3.26. The predicted molar refractivity (Wildman–Crippen MR) is 88.1 cm³/mol. The Balaban J connectivity index is 1.87. The number of ether oxygens (including phenoxy) is 3. The van der Waals surface area contributed by atoms with E-state index < -0.39 is 5.72 Å². The second-order valence-electron chi connectivity index (χ2n) is 5.44. The molecule has 3 rings (SSSR count). The summed E-state index contributed by atoms with van der Waals surface area (Å²) in [5, 5.41) is 0.499. The molecule has 0 amide bonds. The largest absolute Gasteiger partial charge is 0.382 e. The molecule has 23 heavy (non-hydrogen) atoms. The molecule has 1 aliphatic heterocycles. The molecule has 2 atom stereocenters. The number of halogens is 1. The Kier molecular flexibility index (Phi) is 5.10. The molecule has 2 N–H and O–H groups in total. The van der Waals surface area contributed by atoms with Crippen LogP contribution in [0.5, 0.6) is 0 Å². The van der Waals surface area contributed by atoms with E-state index >= 15 is 0 Å². The van der Waals surface area contributed by atoms with Crippen molar-refractivity contribution in [2.24, 2.45) is 0 Å². The van der Waals surface area contributed by atoms with Crippen LogP contribution in [0.2, 0.25) is 0 Å². The van der Waals surface area contributed by atoms with E-state index in [4.69, 9.17) is 19.9 Å². The summed E-state index contributed by atoms with van der Waals surface area (Å²) in [4.78, 5) is 12.5. The van der Waals surface area contributed by atoms with Crippen molar-refractivity contribution in [3.8, 4) is 0 Å². The summed E-state index contributed by atoms with van der Waals surface area (Å²) in [6, 6.07) is 0. The van der Waals surface area contributed by atoms with Gasteiger partial charge in [0.15, 0.2) is 23.5 Å². The third-order valence-corrected chi connectivity index (χ3v) is 4.90. The van der Waals surface area contributed by atoms with E-state index in [0.29, 0.717) is 28.9 Å². The zero-order chi connectivity index (χ0) is 16.3. The number of hydrogen-bond acceptors (Lipinski definition) is 7. The normalized spacial score (nSPS) is 21.4. The van der Waals surface area contributed by atoms with Crippen LogP contribution >= 0.6 is 15.9 Å². The second kappa shape index (κ2) is 7.08. The van der Waals surface area contributed by atoms with Crippen LogP contribution in [-0.4, -0.2) is 51.5 Å². The van der Waals surface area contributed by atoms with Gasteiger partial charge < -0.3 is 19.9 Å². The monoisotopic (exact) mass is 385 g/mol. The van der Waals surface area contributed by atoms with Gasteiger partial charge in [-0.25, -0.2) is 15.0 Å². The minimum atomic E-state index is -0.795. The first kappa shape index (κ1) is 16.6. The van der Waals surface area contributed by atoms with E-state index in [1.54, 1.807) is 13.4 Å². The molecule has 0 aliphatic carbocycles. The molecule has 2 unspecified atom stereocenters. The van der Waals surface area contributed by atoms with Gasteiger partial charge in [0.1, 0.15) is 11.8 Å². The molecule has 126 valence electrons. The first-order valence-electron chi connectivity index (χ1n) is 7.48. The molecule has 0 bridgehead atoms. The molecular weight excluding hydrogens is 366 g/mol. The molecule has 0 saturated carbocycles. The van der Waals surface area contributed by atoms with Crippen molar-refractivity contribution in [3.63, 3.8) is 0 Å². The van der Waals surface area contributed by atoms with Crippen LogP contribution in [0.25, 0.3) is 11.2 Å². The van der Waals surface area contributed by atoms with E-state index in [1.807, 2.05) is 4.57 Å². The van der Waals surface area contributed by atoms with Crippen LogP contribution < -0.4 is 5.73 Å². The van der Waals surface area contributed by atoms with Crippen molar-refractivity contribution >= 4 is 32.9 Å². The van der Waals surface area contributed by atoms with Gasteiger partial charge in [0.25, 0.3) is 0 Å². The number of aromatic nitrogens is 4. The number of alkyl halides is 1. The standard InChI is InChI=1S/C14H20BrN5O3/c1-21-14(6-15,7-23-10-4-2-3-5-22-10)20-9-19-11-12(16)17-8-18-13(11)20/h8-10H,2-7H2,1H3,(H2,16,17,18). The highest BCUT2D eigenvalue weighted by Crippen LogP contribution is 2.28. The second-order valence-corrected chi connectivity index (χ2v) is 6.00. The number of rotatable bonds is 6. The molecule has 0 aromatic carbocycles. The lowest BCUT2D eigenvalue weighted by atomic mass is 10.2. The van der Waals surface area contributed by atoms with Crippen molar-refractivity contribution in [2.45, 2.75) is 31.3 Å². The highest BCUT2D eigenvalue weighted by Gasteiger charge is 2.35. The molecule has 0 spiro atoms. The van der Waals surface area contributed by atoms with Crippen molar-refractivity contribution < 1.29 is 14.2 Å². The van der Waals surface area contributed by atoms with E-state index in [0.717, 1.165) is 25.9 Å². The molecule has 2 aromatic heterocycles. The van der Waals surface area contributed by atoms with Gasteiger partial charge in [-0.2, -0.15) is 0 Å². The number of hydrogen-bond donors (Lipinski definition) is 1. The van der Waals surface area contributed by atoms with E-state index in [1.165, 1.54) is 6.33 Å². The molecule has 9 heteroatoms. The summed E-state index contributed by atoms with van der Waals surface area (Å²) in [5.74, 6) is 0.338. The van der Waals surface area contributed by atoms with Crippen molar-refractivity contribution in [1.29, 1.82) is 0 Å². The summed E-state index contributed by atoms with van der Waals surface area (Å²) in [7, 11) is 1.63. The fraction of sp³-hybridized carbons (Fsp3) is 0.643. The third-order valence-electron chi connectivity index (χ3n) is 4.02. The van der Waals surface area contributed by atoms with Gasteiger partial charge in [-0.1, -0.05) is 15.9 Å². The van der Waals surface area contributed by atoms with Crippen LogP contribution in [-0.2, 0) is 19.9 Å². The number of fused-ring (bicyclic) bond motifs is 1. The summed E-state index contributed by atoms with van der Waals surface area (Å²) in [6.07, 6.45) is 5.93. The Morgan fingerprint density at radius 3 is 3.00 bits per heavy atom. The number of methoxy groups -OCH3 is 1. The maximum atomic E-state index is 5.93. The Bertz CT molecular complexity index is 655. The molecular formula is C14H20BrN5O3. The topological polar surface area (TPSA) is 97.3 Å². The average Bonchev–Trinajstić information content (AvgIpc) is 3.04. The molecule has 0 radical (unpaired) electrons. The van der Waals surface area contributed by atoms with Gasteiger partial charge in [0.2, 0.25) is 0 Å². The molecule has 3 heterocycles. The average molecular weight is 386 g/mol. The van der Waals surface area contributed by atoms with Crippen LogP contribution in [0.3, 0.4) is 0 Å². The quantitative estimate of drug-likeness (QED) is 0.754. The van der Waals surface area contributed by atoms with Crippen LogP contribution in [0.15, 0.2) is 12.7 Å². The van der Waals surface area contributed by atoms with Gasteiger partial charge in [0.05, 0.1) is 18.3 Å². The Hall–Kier alpha value is -1.29. The lowest BCUT2D eigenvalue weighted by Crippen LogP contribution is -2.43. The Morgan fingerprint density at radius 1 is 1.43 bits per heavy atom. The zero-order valence-corrected chi connectivity index (χ0v) is 14.5. The van der Waals surface area contributed by atoms with Crippen LogP contribution in [0, 0.1) is 0 Å². The minimum absolute atomic E-state index is 0.202. The fourth-order valence-electron chi connectivity index (χ4n) is 2.60. The lowest BCUT2D eigenvalue weighted by Gasteiger charge is -2.34. The number of imidazole rings is 1. The van der Waals surface area contributed by atoms with Gasteiger partial charge in [-0.15, -0.1) is 0 Å². The molecule has 1 aliphatic rings. The van der Waals surface area contributed by atoms with Crippen molar-refractivity contribution in [1.82, 2.24) is 19.5 Å². The SMILES string of the molecule is COC(CBr)(COC1CCCCO1)n1cnc2c(N)ncnc21. The van der Waals surface area contributed by atoms with E-state index in [2.05, 4.69) is 30.9 Å². The zero-order valence-electron chi connectivity index (χ0n) is 12.9. The number of anilines is 1. The van der Waals surface area contributed by atoms with Crippen LogP contribution in [0.4, 0.5) is 5.82 Å². The van der Waals surface area contributed by atoms with Gasteiger partial charge >= 0.3 is 0 Å². The molecule has 1 saturated heterocycles.